The summed E-state index contributed by atoms with van der Waals surface area (Å²) >= 11 is 0. The van der Waals surface area contributed by atoms with Crippen LogP contribution in [0.15, 0.2) is 0 Å². The third-order valence-corrected chi connectivity index (χ3v) is 1.48. The summed E-state index contributed by atoms with van der Waals surface area (Å²) in [5, 5.41) is 12.7. The molecule has 1 atom stereocenters. The topological polar surface area (TPSA) is 104 Å². The number of carboxylic acid groups (broad SMARTS) is 1. The average Bonchev–Trinajstić information content (AvgIpc) is 1.87. The average molecular weight is 198 g/mol. The normalized spacial score (nSPS) is 10.6. The Morgan fingerprint density at radius 1 is 1.46 bits per heavy atom. The molecule has 0 amide bonds. The molecule has 4 N–H and O–H groups in total. The number of rotatable bonds is 5. The number of carbonyl (C=O) groups is 2. The number of likely N-dealkylation sites (N-methyl/N-ethyl adjacent to an activating group) is 1. The SMILES string of the molecule is CNC(CCC(=O)[O-])C(C)=O.N.[Na+]. The van der Waals surface area contributed by atoms with Crippen molar-refractivity contribution >= 4 is 11.8 Å². The molecule has 0 aromatic heterocycles. The summed E-state index contributed by atoms with van der Waals surface area (Å²) in [6.07, 6.45) is 0.221. The van der Waals surface area contributed by atoms with E-state index in [1.54, 1.807) is 7.05 Å². The van der Waals surface area contributed by atoms with Crippen molar-refractivity contribution in [1.29, 1.82) is 0 Å². The van der Waals surface area contributed by atoms with E-state index >= 15 is 0 Å². The Kier molecular flexibility index (Phi) is 14.6. The van der Waals surface area contributed by atoms with Crippen molar-refractivity contribution in [1.82, 2.24) is 11.5 Å². The summed E-state index contributed by atoms with van der Waals surface area (Å²) < 4.78 is 0. The molecule has 0 fully saturated rings. The van der Waals surface area contributed by atoms with Gasteiger partial charge in [-0.2, -0.15) is 0 Å². The van der Waals surface area contributed by atoms with E-state index in [0.717, 1.165) is 0 Å². The maximum atomic E-state index is 10.7. The van der Waals surface area contributed by atoms with Crippen molar-refractivity contribution in [2.45, 2.75) is 25.8 Å². The molecule has 0 rings (SSSR count). The van der Waals surface area contributed by atoms with E-state index in [1.807, 2.05) is 0 Å². The van der Waals surface area contributed by atoms with E-state index in [-0.39, 0.29) is 54.0 Å². The molecule has 0 aromatic rings. The van der Waals surface area contributed by atoms with Crippen molar-refractivity contribution in [3.05, 3.63) is 0 Å². The zero-order chi connectivity index (χ0) is 8.85. The number of carboxylic acids is 1. The maximum absolute atomic E-state index is 10.7. The smallest absolute Gasteiger partial charge is 0.550 e. The van der Waals surface area contributed by atoms with Crippen molar-refractivity contribution in [2.24, 2.45) is 0 Å². The Morgan fingerprint density at radius 3 is 2.15 bits per heavy atom. The summed E-state index contributed by atoms with van der Waals surface area (Å²) in [5.41, 5.74) is 0. The van der Waals surface area contributed by atoms with Crippen LogP contribution < -0.4 is 46.1 Å². The van der Waals surface area contributed by atoms with Crippen LogP contribution in [-0.2, 0) is 9.59 Å². The largest absolute Gasteiger partial charge is 1.00 e. The van der Waals surface area contributed by atoms with E-state index in [1.165, 1.54) is 6.92 Å². The van der Waals surface area contributed by atoms with Gasteiger partial charge in [-0.1, -0.05) is 0 Å². The van der Waals surface area contributed by atoms with Crippen LogP contribution >= 0.6 is 0 Å². The van der Waals surface area contributed by atoms with Gasteiger partial charge in [-0.05, 0) is 26.8 Å². The standard InChI is InChI=1S/C7H13NO3.H3N.Na/c1-5(9)6(8-2)3-4-7(10)11;;/h6,8H,3-4H2,1-2H3,(H,10,11);1H3;/q;;+1/p-1. The van der Waals surface area contributed by atoms with Gasteiger partial charge in [0.1, 0.15) is 5.78 Å². The minimum Gasteiger partial charge on any atom is -0.550 e. The van der Waals surface area contributed by atoms with E-state index in [0.29, 0.717) is 6.42 Å². The van der Waals surface area contributed by atoms with Gasteiger partial charge in [0.2, 0.25) is 0 Å². The van der Waals surface area contributed by atoms with Crippen LogP contribution in [0.1, 0.15) is 19.8 Å². The van der Waals surface area contributed by atoms with E-state index < -0.39 is 5.97 Å². The number of hydrogen-bond donors (Lipinski definition) is 2. The molecule has 0 radical (unpaired) electrons. The Bertz CT molecular complexity index is 164. The summed E-state index contributed by atoms with van der Waals surface area (Å²) in [4.78, 5) is 20.7. The number of aliphatic carboxylic acids is 1. The first-order chi connectivity index (χ1) is 5.07. The molecule has 72 valence electrons. The van der Waals surface area contributed by atoms with Gasteiger partial charge < -0.3 is 21.4 Å². The fourth-order valence-corrected chi connectivity index (χ4v) is 0.813. The molecule has 0 saturated carbocycles. The van der Waals surface area contributed by atoms with Crippen molar-refractivity contribution < 1.29 is 44.3 Å². The van der Waals surface area contributed by atoms with Crippen LogP contribution in [0.4, 0.5) is 0 Å². The number of Topliss-reactive ketones (excluding diaryl/α,β-unsaturated/α-hetero) is 1. The van der Waals surface area contributed by atoms with E-state index in [2.05, 4.69) is 5.32 Å². The van der Waals surface area contributed by atoms with E-state index in [9.17, 15) is 14.7 Å². The van der Waals surface area contributed by atoms with Gasteiger partial charge in [0.05, 0.1) is 6.04 Å². The molecule has 0 spiro atoms. The third-order valence-electron chi connectivity index (χ3n) is 1.48. The van der Waals surface area contributed by atoms with Crippen molar-refractivity contribution in [3.63, 3.8) is 0 Å². The Balaban J connectivity index is -0.000000500. The zero-order valence-corrected chi connectivity index (χ0v) is 10.4. The van der Waals surface area contributed by atoms with Gasteiger partial charge in [-0.3, -0.25) is 4.79 Å². The molecule has 6 heteroatoms. The minimum absolute atomic E-state index is 0. The van der Waals surface area contributed by atoms with Gasteiger partial charge in [-0.25, -0.2) is 0 Å². The molecule has 0 heterocycles. The first-order valence-electron chi connectivity index (χ1n) is 3.45. The first kappa shape index (κ1) is 18.8. The monoisotopic (exact) mass is 198 g/mol. The Labute approximate surface area is 100 Å². The molecular formula is C7H15N2NaO3. The van der Waals surface area contributed by atoms with E-state index in [4.69, 9.17) is 0 Å². The van der Waals surface area contributed by atoms with Crippen molar-refractivity contribution in [2.75, 3.05) is 7.05 Å². The summed E-state index contributed by atoms with van der Waals surface area (Å²) in [6.45, 7) is 1.43. The fraction of sp³-hybridized carbons (Fsp3) is 0.714. The van der Waals surface area contributed by atoms with Gasteiger partial charge in [-0.15, -0.1) is 0 Å². The molecule has 0 aromatic carbocycles. The second-order valence-corrected chi connectivity index (χ2v) is 2.36. The second-order valence-electron chi connectivity index (χ2n) is 2.36. The molecule has 0 aliphatic heterocycles. The molecule has 0 bridgehead atoms. The van der Waals surface area contributed by atoms with Crippen LogP contribution in [0.3, 0.4) is 0 Å². The van der Waals surface area contributed by atoms with Crippen LogP contribution in [0, 0.1) is 0 Å². The molecule has 0 aliphatic rings. The summed E-state index contributed by atoms with van der Waals surface area (Å²) in [5.74, 6) is -1.17. The molecule has 13 heavy (non-hydrogen) atoms. The fourth-order valence-electron chi connectivity index (χ4n) is 0.813. The predicted octanol–water partition coefficient (Wildman–Crippen LogP) is -4.14. The number of ketones is 1. The Morgan fingerprint density at radius 2 is 1.92 bits per heavy atom. The number of carbonyl (C=O) groups excluding carboxylic acids is 2. The van der Waals surface area contributed by atoms with Crippen LogP contribution in [0.25, 0.3) is 0 Å². The second kappa shape index (κ2) is 10.1. The predicted molar refractivity (Wildman–Crippen MR) is 42.8 cm³/mol. The van der Waals surface area contributed by atoms with Gasteiger partial charge in [0, 0.05) is 5.97 Å². The molecule has 5 nitrogen and oxygen atoms in total. The molecule has 1 unspecified atom stereocenters. The quantitative estimate of drug-likeness (QED) is 0.436. The van der Waals surface area contributed by atoms with Crippen LogP contribution in [-0.4, -0.2) is 24.8 Å². The molecule has 0 saturated heterocycles. The third kappa shape index (κ3) is 9.98. The first-order valence-corrected chi connectivity index (χ1v) is 3.45. The number of hydrogen-bond acceptors (Lipinski definition) is 5. The van der Waals surface area contributed by atoms with Gasteiger partial charge in [0.25, 0.3) is 0 Å². The summed E-state index contributed by atoms with van der Waals surface area (Å²) in [7, 11) is 1.63. The van der Waals surface area contributed by atoms with Crippen LogP contribution in [0.5, 0.6) is 0 Å². The van der Waals surface area contributed by atoms with Gasteiger partial charge >= 0.3 is 29.6 Å². The molecule has 0 aliphatic carbocycles. The number of nitrogens with one attached hydrogen (secondary N) is 1. The zero-order valence-electron chi connectivity index (χ0n) is 8.42. The maximum Gasteiger partial charge on any atom is 1.00 e. The molecular weight excluding hydrogens is 183 g/mol. The van der Waals surface area contributed by atoms with Crippen molar-refractivity contribution in [3.8, 4) is 0 Å². The Hall–Kier alpha value is 0.0600. The van der Waals surface area contributed by atoms with Gasteiger partial charge in [0.15, 0.2) is 0 Å². The minimum atomic E-state index is -1.12. The summed E-state index contributed by atoms with van der Waals surface area (Å²) in [6, 6.07) is -0.354. The van der Waals surface area contributed by atoms with Crippen LogP contribution in [0.2, 0.25) is 0 Å².